The molecule has 0 radical (unpaired) electrons. The number of carbonyl (C=O) groups excluding carboxylic acids is 1. The Morgan fingerprint density at radius 1 is 1.28 bits per heavy atom. The van der Waals surface area contributed by atoms with Crippen LogP contribution in [0.3, 0.4) is 0 Å². The number of amides is 1. The van der Waals surface area contributed by atoms with Crippen LogP contribution in [0.4, 0.5) is 5.13 Å². The number of methoxy groups -OCH3 is 1. The molecule has 3 aromatic rings. The molecule has 10 nitrogen and oxygen atoms in total. The number of hydrogen-bond acceptors (Lipinski definition) is 7. The normalized spacial score (nSPS) is 14.4. The minimum atomic E-state index is -3.50. The highest BCUT2D eigenvalue weighted by Crippen LogP contribution is 2.31. The summed E-state index contributed by atoms with van der Waals surface area (Å²) in [6.07, 6.45) is 0.498. The number of aromatic nitrogens is 3. The maximum absolute atomic E-state index is 12.9. The summed E-state index contributed by atoms with van der Waals surface area (Å²) in [6, 6.07) is 9.17. The number of benzene rings is 1. The number of fused-ring (bicyclic) bond motifs is 1. The number of rotatable bonds is 6. The second-order valence-corrected chi connectivity index (χ2v) is 10.7. The second kappa shape index (κ2) is 8.62. The number of nitrogens with zero attached hydrogens (tertiary/aromatic N) is 5. The second-order valence-electron chi connectivity index (χ2n) is 7.46. The zero-order chi connectivity index (χ0) is 23.0. The number of nitrogens with one attached hydrogen (secondary N) is 1. The van der Waals surface area contributed by atoms with Crippen LogP contribution in [0.15, 0.2) is 30.3 Å². The smallest absolute Gasteiger partial charge is 0.281 e. The first-order valence-electron chi connectivity index (χ1n) is 9.85. The van der Waals surface area contributed by atoms with Gasteiger partial charge in [-0.05, 0) is 18.2 Å². The molecular formula is C20H24N6O4S2. The van der Waals surface area contributed by atoms with Gasteiger partial charge < -0.3 is 4.74 Å². The van der Waals surface area contributed by atoms with Crippen molar-refractivity contribution >= 4 is 32.6 Å². The maximum atomic E-state index is 12.9. The van der Waals surface area contributed by atoms with Gasteiger partial charge in [-0.15, -0.1) is 11.3 Å². The van der Waals surface area contributed by atoms with Crippen LogP contribution in [-0.2, 0) is 30.2 Å². The first-order chi connectivity index (χ1) is 15.2. The molecule has 1 N–H and O–H groups in total. The van der Waals surface area contributed by atoms with E-state index in [4.69, 9.17) is 4.74 Å². The first-order valence-corrected chi connectivity index (χ1v) is 12.1. The molecule has 32 heavy (non-hydrogen) atoms. The Kier molecular flexibility index (Phi) is 6.03. The Balaban J connectivity index is 1.53. The molecule has 1 aliphatic rings. The van der Waals surface area contributed by atoms with E-state index in [9.17, 15) is 13.2 Å². The van der Waals surface area contributed by atoms with Crippen LogP contribution in [0.5, 0.6) is 5.75 Å². The number of aryl methyl sites for hydroxylation is 1. The molecule has 170 valence electrons. The molecule has 0 saturated heterocycles. The summed E-state index contributed by atoms with van der Waals surface area (Å²) in [5.41, 5.74) is 2.60. The average Bonchev–Trinajstić information content (AvgIpc) is 3.35. The fourth-order valence-electron chi connectivity index (χ4n) is 3.48. The van der Waals surface area contributed by atoms with Gasteiger partial charge >= 0.3 is 0 Å². The van der Waals surface area contributed by atoms with E-state index in [2.05, 4.69) is 15.4 Å². The van der Waals surface area contributed by atoms with E-state index in [0.717, 1.165) is 16.1 Å². The minimum absolute atomic E-state index is 0.243. The molecule has 0 fully saturated rings. The van der Waals surface area contributed by atoms with Gasteiger partial charge in [-0.3, -0.25) is 14.8 Å². The quantitative estimate of drug-likeness (QED) is 0.583. The van der Waals surface area contributed by atoms with E-state index in [1.807, 2.05) is 24.3 Å². The molecule has 0 atom stereocenters. The molecule has 0 saturated carbocycles. The van der Waals surface area contributed by atoms with Gasteiger partial charge in [-0.25, -0.2) is 4.98 Å². The van der Waals surface area contributed by atoms with Gasteiger partial charge in [0.05, 0.1) is 25.0 Å². The Bertz CT molecular complexity index is 1260. The Morgan fingerprint density at radius 2 is 2.03 bits per heavy atom. The zero-order valence-corrected chi connectivity index (χ0v) is 19.8. The molecule has 1 aromatic carbocycles. The predicted octanol–water partition coefficient (Wildman–Crippen LogP) is 1.97. The number of thiazole rings is 1. The molecule has 0 aliphatic carbocycles. The number of para-hydroxylation sites is 1. The fourth-order valence-corrected chi connectivity index (χ4v) is 5.66. The number of ether oxygens (including phenoxy) is 1. The van der Waals surface area contributed by atoms with Crippen LogP contribution in [0.25, 0.3) is 11.3 Å². The largest absolute Gasteiger partial charge is 0.496 e. The van der Waals surface area contributed by atoms with Crippen molar-refractivity contribution in [2.45, 2.75) is 13.0 Å². The summed E-state index contributed by atoms with van der Waals surface area (Å²) in [7, 11) is 2.81. The summed E-state index contributed by atoms with van der Waals surface area (Å²) < 4.78 is 34.3. The highest BCUT2D eigenvalue weighted by Gasteiger charge is 2.31. The molecule has 0 spiro atoms. The van der Waals surface area contributed by atoms with Gasteiger partial charge in [-0.2, -0.15) is 22.1 Å². The zero-order valence-electron chi connectivity index (χ0n) is 18.2. The Labute approximate surface area is 190 Å². The minimum Gasteiger partial charge on any atom is -0.496 e. The molecule has 1 amide bonds. The van der Waals surface area contributed by atoms with Gasteiger partial charge in [0.1, 0.15) is 11.4 Å². The number of carbonyl (C=O) groups is 1. The number of anilines is 1. The van der Waals surface area contributed by atoms with Crippen LogP contribution in [-0.4, -0.2) is 65.4 Å². The van der Waals surface area contributed by atoms with Crippen molar-refractivity contribution in [3.05, 3.63) is 46.6 Å². The van der Waals surface area contributed by atoms with Crippen molar-refractivity contribution < 1.29 is 17.9 Å². The van der Waals surface area contributed by atoms with Crippen molar-refractivity contribution in [3.8, 4) is 17.0 Å². The van der Waals surface area contributed by atoms with Crippen LogP contribution in [0, 0.1) is 0 Å². The predicted molar refractivity (Wildman–Crippen MR) is 122 cm³/mol. The lowest BCUT2D eigenvalue weighted by Crippen LogP contribution is -2.42. The van der Waals surface area contributed by atoms with Gasteiger partial charge in [0.25, 0.3) is 16.1 Å². The SMILES string of the molecule is COc1ccccc1-c1cc(C(=O)Nc2nc3c(s2)CN(S(=O)(=O)N(C)C)CC3)n(C)n1. The fraction of sp³-hybridized carbons (Fsp3) is 0.350. The summed E-state index contributed by atoms with van der Waals surface area (Å²) in [4.78, 5) is 18.2. The number of hydrogen-bond donors (Lipinski definition) is 1. The van der Waals surface area contributed by atoms with Crippen LogP contribution in [0.1, 0.15) is 21.1 Å². The van der Waals surface area contributed by atoms with Crippen molar-refractivity contribution in [1.29, 1.82) is 0 Å². The summed E-state index contributed by atoms with van der Waals surface area (Å²) in [5.74, 6) is 0.326. The highest BCUT2D eigenvalue weighted by atomic mass is 32.2. The van der Waals surface area contributed by atoms with Crippen LogP contribution in [0.2, 0.25) is 0 Å². The average molecular weight is 477 g/mol. The van der Waals surface area contributed by atoms with Crippen LogP contribution >= 0.6 is 11.3 Å². The third kappa shape index (κ3) is 4.13. The van der Waals surface area contributed by atoms with E-state index in [1.165, 1.54) is 38.7 Å². The molecule has 3 heterocycles. The Morgan fingerprint density at radius 3 is 2.75 bits per heavy atom. The summed E-state index contributed by atoms with van der Waals surface area (Å²) in [5, 5.41) is 7.71. The summed E-state index contributed by atoms with van der Waals surface area (Å²) in [6.45, 7) is 0.599. The molecule has 2 aromatic heterocycles. The van der Waals surface area contributed by atoms with E-state index in [0.29, 0.717) is 35.2 Å². The highest BCUT2D eigenvalue weighted by molar-refractivity contribution is 7.86. The van der Waals surface area contributed by atoms with Crippen molar-refractivity contribution in [2.75, 3.05) is 33.1 Å². The molecular weight excluding hydrogens is 452 g/mol. The van der Waals surface area contributed by atoms with E-state index in [-0.39, 0.29) is 12.5 Å². The molecule has 0 bridgehead atoms. The molecule has 4 rings (SSSR count). The lowest BCUT2D eigenvalue weighted by Gasteiger charge is -2.27. The third-order valence-electron chi connectivity index (χ3n) is 5.20. The van der Waals surface area contributed by atoms with E-state index in [1.54, 1.807) is 20.2 Å². The molecule has 12 heteroatoms. The lowest BCUT2D eigenvalue weighted by atomic mass is 10.1. The third-order valence-corrected chi connectivity index (χ3v) is 8.08. The van der Waals surface area contributed by atoms with Gasteiger partial charge in [0, 0.05) is 44.5 Å². The molecule has 1 aliphatic heterocycles. The van der Waals surface area contributed by atoms with Gasteiger partial charge in [0.15, 0.2) is 5.13 Å². The molecule has 0 unspecified atom stereocenters. The van der Waals surface area contributed by atoms with Crippen molar-refractivity contribution in [3.63, 3.8) is 0 Å². The maximum Gasteiger partial charge on any atom is 0.281 e. The van der Waals surface area contributed by atoms with Gasteiger partial charge in [-0.1, -0.05) is 12.1 Å². The lowest BCUT2D eigenvalue weighted by molar-refractivity contribution is 0.101. The topological polar surface area (TPSA) is 110 Å². The Hall–Kier alpha value is -2.80. The van der Waals surface area contributed by atoms with E-state index < -0.39 is 10.2 Å². The standard InChI is InChI=1S/C20H24N6O4S2/c1-24(2)32(28,29)26-10-9-14-18(12-26)31-20(21-14)22-19(27)16-11-15(23-25(16)3)13-7-5-6-8-17(13)30-4/h5-8,11H,9-10,12H2,1-4H3,(H,21,22,27). The summed E-state index contributed by atoms with van der Waals surface area (Å²) >= 11 is 1.29. The van der Waals surface area contributed by atoms with Crippen LogP contribution < -0.4 is 10.1 Å². The van der Waals surface area contributed by atoms with Crippen molar-refractivity contribution in [2.24, 2.45) is 7.05 Å². The monoisotopic (exact) mass is 476 g/mol. The van der Waals surface area contributed by atoms with Gasteiger partial charge in [0.2, 0.25) is 0 Å². The van der Waals surface area contributed by atoms with E-state index >= 15 is 0 Å². The first kappa shape index (κ1) is 22.4. The van der Waals surface area contributed by atoms with Crippen molar-refractivity contribution in [1.82, 2.24) is 23.4 Å².